The molecule has 2 atom stereocenters. The maximum Gasteiger partial charge on any atom is 0.306 e. The highest BCUT2D eigenvalue weighted by atomic mass is 16.4. The van der Waals surface area contributed by atoms with Gasteiger partial charge >= 0.3 is 5.97 Å². The van der Waals surface area contributed by atoms with Crippen molar-refractivity contribution >= 4 is 5.97 Å². The van der Waals surface area contributed by atoms with Crippen LogP contribution in [0.2, 0.25) is 0 Å². The minimum Gasteiger partial charge on any atom is -0.481 e. The Kier molecular flexibility index (Phi) is 3.24. The van der Waals surface area contributed by atoms with Crippen LogP contribution in [0.25, 0.3) is 0 Å². The third-order valence-corrected chi connectivity index (χ3v) is 1.15. The van der Waals surface area contributed by atoms with E-state index >= 15 is 0 Å². The molecule has 0 radical (unpaired) electrons. The van der Waals surface area contributed by atoms with Gasteiger partial charge in [0.25, 0.3) is 0 Å². The van der Waals surface area contributed by atoms with Crippen molar-refractivity contribution in [3.05, 3.63) is 0 Å². The van der Waals surface area contributed by atoms with Crippen LogP contribution in [0, 0.1) is 5.92 Å². The van der Waals surface area contributed by atoms with E-state index in [2.05, 4.69) is 0 Å². The molecule has 9 heavy (non-hydrogen) atoms. The van der Waals surface area contributed by atoms with Crippen LogP contribution < -0.4 is 5.73 Å². The molecule has 1 unspecified atom stereocenters. The van der Waals surface area contributed by atoms with Gasteiger partial charge in [0.2, 0.25) is 0 Å². The smallest absolute Gasteiger partial charge is 0.306 e. The Bertz CT molecular complexity index is 101. The highest BCUT2D eigenvalue weighted by molar-refractivity contribution is 5.69. The summed E-state index contributed by atoms with van der Waals surface area (Å²) in [4.78, 5) is 10.2. The van der Waals surface area contributed by atoms with Crippen molar-refractivity contribution in [1.82, 2.24) is 0 Å². The van der Waals surface area contributed by atoms with E-state index in [1.165, 1.54) is 0 Å². The van der Waals surface area contributed by atoms with Crippen LogP contribution in [-0.4, -0.2) is 17.1 Å². The van der Waals surface area contributed by atoms with Crippen molar-refractivity contribution in [2.45, 2.75) is 26.3 Å². The van der Waals surface area contributed by atoms with Gasteiger partial charge in [0.05, 0.1) is 5.92 Å². The lowest BCUT2D eigenvalue weighted by Crippen LogP contribution is -2.22. The molecule has 3 heteroatoms. The quantitative estimate of drug-likeness (QED) is 0.584. The molecule has 0 amide bonds. The van der Waals surface area contributed by atoms with Gasteiger partial charge in [-0.3, -0.25) is 4.79 Å². The molecule has 3 nitrogen and oxygen atoms in total. The van der Waals surface area contributed by atoms with Gasteiger partial charge in [-0.05, 0) is 13.3 Å². The summed E-state index contributed by atoms with van der Waals surface area (Å²) >= 11 is 0. The number of aliphatic carboxylic acids is 1. The number of carboxylic acid groups (broad SMARTS) is 1. The van der Waals surface area contributed by atoms with Crippen LogP contribution in [0.1, 0.15) is 20.3 Å². The second-order valence-electron chi connectivity index (χ2n) is 2.45. The third-order valence-electron chi connectivity index (χ3n) is 1.15. The molecular formula is C6H13NO2. The third kappa shape index (κ3) is 3.97. The van der Waals surface area contributed by atoms with Gasteiger partial charge in [0, 0.05) is 6.04 Å². The molecule has 0 spiro atoms. The molecule has 0 saturated carbocycles. The summed E-state index contributed by atoms with van der Waals surface area (Å²) in [7, 11) is 0. The molecule has 54 valence electrons. The summed E-state index contributed by atoms with van der Waals surface area (Å²) in [5.41, 5.74) is 5.37. The molecule has 0 saturated heterocycles. The van der Waals surface area contributed by atoms with Crippen molar-refractivity contribution in [3.63, 3.8) is 0 Å². The molecule has 0 fully saturated rings. The molecule has 0 rings (SSSR count). The van der Waals surface area contributed by atoms with Gasteiger partial charge in [-0.1, -0.05) is 6.92 Å². The van der Waals surface area contributed by atoms with Crippen LogP contribution in [-0.2, 0) is 4.79 Å². The Morgan fingerprint density at radius 1 is 1.67 bits per heavy atom. The average molecular weight is 131 g/mol. The fourth-order valence-electron chi connectivity index (χ4n) is 0.658. The lowest BCUT2D eigenvalue weighted by molar-refractivity contribution is -0.141. The fourth-order valence-corrected chi connectivity index (χ4v) is 0.658. The molecule has 0 aliphatic rings. The molecule has 0 bridgehead atoms. The first kappa shape index (κ1) is 8.43. The van der Waals surface area contributed by atoms with E-state index in [0.717, 1.165) is 0 Å². The van der Waals surface area contributed by atoms with Crippen molar-refractivity contribution in [2.24, 2.45) is 11.7 Å². The van der Waals surface area contributed by atoms with Crippen LogP contribution >= 0.6 is 0 Å². The van der Waals surface area contributed by atoms with E-state index in [0.29, 0.717) is 6.42 Å². The van der Waals surface area contributed by atoms with E-state index in [1.54, 1.807) is 13.8 Å². The van der Waals surface area contributed by atoms with Gasteiger partial charge in [-0.2, -0.15) is 0 Å². The highest BCUT2D eigenvalue weighted by Crippen LogP contribution is 2.02. The largest absolute Gasteiger partial charge is 0.481 e. The van der Waals surface area contributed by atoms with E-state index in [1.807, 2.05) is 0 Å². The number of hydrogen-bond donors (Lipinski definition) is 2. The second-order valence-corrected chi connectivity index (χ2v) is 2.45. The number of carboxylic acids is 1. The predicted molar refractivity (Wildman–Crippen MR) is 35.1 cm³/mol. The molecule has 3 N–H and O–H groups in total. The molecule has 0 aromatic rings. The molecule has 0 aliphatic carbocycles. The van der Waals surface area contributed by atoms with E-state index in [4.69, 9.17) is 10.8 Å². The van der Waals surface area contributed by atoms with Crippen molar-refractivity contribution in [3.8, 4) is 0 Å². The summed E-state index contributed by atoms with van der Waals surface area (Å²) < 4.78 is 0. The lowest BCUT2D eigenvalue weighted by Gasteiger charge is -2.07. The zero-order valence-corrected chi connectivity index (χ0v) is 5.79. The first-order valence-corrected chi connectivity index (χ1v) is 3.02. The first-order chi connectivity index (χ1) is 4.04. The summed E-state index contributed by atoms with van der Waals surface area (Å²) in [6, 6.07) is -0.0175. The fraction of sp³-hybridized carbons (Fsp3) is 0.833. The second kappa shape index (κ2) is 3.45. The zero-order chi connectivity index (χ0) is 7.44. The van der Waals surface area contributed by atoms with Gasteiger partial charge in [0.15, 0.2) is 0 Å². The summed E-state index contributed by atoms with van der Waals surface area (Å²) in [6.07, 6.45) is 0.551. The number of hydrogen-bond acceptors (Lipinski definition) is 2. The van der Waals surface area contributed by atoms with Crippen LogP contribution in [0.15, 0.2) is 0 Å². The number of rotatable bonds is 3. The van der Waals surface area contributed by atoms with Crippen LogP contribution in [0.3, 0.4) is 0 Å². The highest BCUT2D eigenvalue weighted by Gasteiger charge is 2.11. The molecule has 0 aromatic heterocycles. The monoisotopic (exact) mass is 131 g/mol. The Morgan fingerprint density at radius 3 is 2.22 bits per heavy atom. The Hall–Kier alpha value is -0.570. The number of nitrogens with two attached hydrogens (primary N) is 1. The normalized spacial score (nSPS) is 16.8. The number of carbonyl (C=O) groups is 1. The predicted octanol–water partition coefficient (Wildman–Crippen LogP) is 0.444. The van der Waals surface area contributed by atoms with Crippen LogP contribution in [0.4, 0.5) is 0 Å². The Labute approximate surface area is 54.9 Å². The minimum absolute atomic E-state index is 0.0175. The molecular weight excluding hydrogens is 118 g/mol. The van der Waals surface area contributed by atoms with Crippen molar-refractivity contribution in [2.75, 3.05) is 0 Å². The van der Waals surface area contributed by atoms with Crippen molar-refractivity contribution < 1.29 is 9.90 Å². The van der Waals surface area contributed by atoms with E-state index < -0.39 is 5.97 Å². The first-order valence-electron chi connectivity index (χ1n) is 3.02. The summed E-state index contributed by atoms with van der Waals surface area (Å²) in [5.74, 6) is -1.09. The Morgan fingerprint density at radius 2 is 2.11 bits per heavy atom. The molecule has 0 aliphatic heterocycles. The average Bonchev–Trinajstić information content (AvgIpc) is 1.63. The standard InChI is InChI=1S/C6H13NO2/c1-4(6(8)9)3-5(2)7/h4-5H,3,7H2,1-2H3,(H,8,9)/t4-,5?/m0/s1. The molecule has 0 aromatic carbocycles. The van der Waals surface area contributed by atoms with E-state index in [-0.39, 0.29) is 12.0 Å². The van der Waals surface area contributed by atoms with E-state index in [9.17, 15) is 4.79 Å². The van der Waals surface area contributed by atoms with Gasteiger partial charge in [-0.25, -0.2) is 0 Å². The van der Waals surface area contributed by atoms with Crippen LogP contribution in [0.5, 0.6) is 0 Å². The summed E-state index contributed by atoms with van der Waals surface area (Å²) in [6.45, 7) is 3.46. The lowest BCUT2D eigenvalue weighted by atomic mass is 10.0. The SMILES string of the molecule is CC(N)C[C@H](C)C(=O)O. The summed E-state index contributed by atoms with van der Waals surface area (Å²) in [5, 5.41) is 8.38. The minimum atomic E-state index is -0.771. The maximum absolute atomic E-state index is 10.2. The zero-order valence-electron chi connectivity index (χ0n) is 5.79. The van der Waals surface area contributed by atoms with Gasteiger partial charge in [-0.15, -0.1) is 0 Å². The molecule has 0 heterocycles. The topological polar surface area (TPSA) is 63.3 Å². The van der Waals surface area contributed by atoms with Crippen molar-refractivity contribution in [1.29, 1.82) is 0 Å². The maximum atomic E-state index is 10.2. The Balaban J connectivity index is 3.50. The van der Waals surface area contributed by atoms with Gasteiger partial charge in [0.1, 0.15) is 0 Å². The van der Waals surface area contributed by atoms with Gasteiger partial charge < -0.3 is 10.8 Å².